The highest BCUT2D eigenvalue weighted by atomic mass is 32.1. The van der Waals surface area contributed by atoms with Crippen LogP contribution in [0.4, 0.5) is 9.52 Å². The fraction of sp³-hybridized carbons (Fsp3) is 0.111. The minimum atomic E-state index is -0.446. The van der Waals surface area contributed by atoms with Gasteiger partial charge in [0.15, 0.2) is 22.2 Å². The molecule has 0 unspecified atom stereocenters. The molecule has 0 aliphatic carbocycles. The molecule has 0 bridgehead atoms. The van der Waals surface area contributed by atoms with Gasteiger partial charge in [-0.3, -0.25) is 10.1 Å². The number of hydrogen-bond acceptors (Lipinski definition) is 5. The molecule has 126 valence electrons. The molecule has 0 radical (unpaired) electrons. The number of hydrogen-bond donors (Lipinski definition) is 1. The van der Waals surface area contributed by atoms with Crippen LogP contribution in [0.1, 0.15) is 17.5 Å². The van der Waals surface area contributed by atoms with E-state index in [-0.39, 0.29) is 11.3 Å². The van der Waals surface area contributed by atoms with Gasteiger partial charge in [-0.05, 0) is 31.2 Å². The molecule has 5 nitrogen and oxygen atoms in total. The monoisotopic (exact) mass is 356 g/mol. The molecule has 4 rings (SSSR count). The van der Waals surface area contributed by atoms with Crippen molar-refractivity contribution in [1.29, 1.82) is 0 Å². The summed E-state index contributed by atoms with van der Waals surface area (Å²) in [6.07, 6.45) is 0. The number of nitrogens with one attached hydrogen (secondary N) is 1. The lowest BCUT2D eigenvalue weighted by Crippen LogP contribution is -2.10. The number of benzene rings is 2. The van der Waals surface area contributed by atoms with E-state index >= 15 is 0 Å². The van der Waals surface area contributed by atoms with Crippen LogP contribution in [0.15, 0.2) is 46.9 Å². The molecule has 25 heavy (non-hydrogen) atoms. The van der Waals surface area contributed by atoms with Crippen molar-refractivity contribution in [3.8, 4) is 5.75 Å². The van der Waals surface area contributed by atoms with Crippen molar-refractivity contribution in [3.05, 3.63) is 54.0 Å². The van der Waals surface area contributed by atoms with Crippen molar-refractivity contribution < 1.29 is 18.3 Å². The van der Waals surface area contributed by atoms with Crippen LogP contribution < -0.4 is 10.1 Å². The SMILES string of the molecule is CCOc1cccc2cc(C(=O)Nc3nc4c(F)cccc4s3)oc12. The Bertz CT molecular complexity index is 1090. The van der Waals surface area contributed by atoms with E-state index in [1.165, 1.54) is 17.4 Å². The summed E-state index contributed by atoms with van der Waals surface area (Å²) in [5.74, 6) is -0.138. The normalized spacial score (nSPS) is 11.1. The molecule has 1 N–H and O–H groups in total. The van der Waals surface area contributed by atoms with Crippen LogP contribution in [0.3, 0.4) is 0 Å². The highest BCUT2D eigenvalue weighted by molar-refractivity contribution is 7.22. The zero-order valence-electron chi connectivity index (χ0n) is 13.2. The number of para-hydroxylation sites is 2. The van der Waals surface area contributed by atoms with Crippen molar-refractivity contribution in [2.24, 2.45) is 0 Å². The molecule has 2 aromatic heterocycles. The van der Waals surface area contributed by atoms with Gasteiger partial charge >= 0.3 is 0 Å². The number of nitrogens with zero attached hydrogens (tertiary/aromatic N) is 1. The van der Waals surface area contributed by atoms with Crippen molar-refractivity contribution in [2.45, 2.75) is 6.92 Å². The van der Waals surface area contributed by atoms with E-state index in [0.29, 0.717) is 27.8 Å². The zero-order valence-corrected chi connectivity index (χ0v) is 14.0. The van der Waals surface area contributed by atoms with E-state index in [1.54, 1.807) is 24.3 Å². The van der Waals surface area contributed by atoms with Crippen LogP contribution in [-0.2, 0) is 0 Å². The average Bonchev–Trinajstić information content (AvgIpc) is 3.20. The van der Waals surface area contributed by atoms with Crippen LogP contribution >= 0.6 is 11.3 Å². The zero-order chi connectivity index (χ0) is 17.4. The second kappa shape index (κ2) is 6.18. The van der Waals surface area contributed by atoms with Gasteiger partial charge in [0, 0.05) is 5.39 Å². The smallest absolute Gasteiger partial charge is 0.293 e. The van der Waals surface area contributed by atoms with Gasteiger partial charge in [-0.25, -0.2) is 9.37 Å². The lowest BCUT2D eigenvalue weighted by Gasteiger charge is -2.02. The summed E-state index contributed by atoms with van der Waals surface area (Å²) < 4.78 is 25.5. The Morgan fingerprint density at radius 2 is 2.16 bits per heavy atom. The molecule has 4 aromatic rings. The third-order valence-electron chi connectivity index (χ3n) is 3.62. The Morgan fingerprint density at radius 1 is 1.32 bits per heavy atom. The first-order valence-electron chi connectivity index (χ1n) is 7.67. The number of rotatable bonds is 4. The fourth-order valence-corrected chi connectivity index (χ4v) is 3.42. The Balaban J connectivity index is 1.65. The summed E-state index contributed by atoms with van der Waals surface area (Å²) >= 11 is 1.20. The highest BCUT2D eigenvalue weighted by Gasteiger charge is 2.17. The second-order valence-corrected chi connectivity index (χ2v) is 6.31. The van der Waals surface area contributed by atoms with Gasteiger partial charge in [0.1, 0.15) is 11.3 Å². The molecular formula is C18H13FN2O3S. The van der Waals surface area contributed by atoms with E-state index in [4.69, 9.17) is 9.15 Å². The number of fused-ring (bicyclic) bond motifs is 2. The molecule has 0 atom stereocenters. The van der Waals surface area contributed by atoms with Gasteiger partial charge in [0.2, 0.25) is 0 Å². The predicted molar refractivity (Wildman–Crippen MR) is 94.9 cm³/mol. The van der Waals surface area contributed by atoms with Crippen molar-refractivity contribution in [3.63, 3.8) is 0 Å². The van der Waals surface area contributed by atoms with E-state index in [9.17, 15) is 9.18 Å². The highest BCUT2D eigenvalue weighted by Crippen LogP contribution is 2.31. The van der Waals surface area contributed by atoms with Crippen LogP contribution in [0, 0.1) is 5.82 Å². The van der Waals surface area contributed by atoms with Gasteiger partial charge in [-0.2, -0.15) is 0 Å². The molecule has 0 aliphatic heterocycles. The number of thiazole rings is 1. The number of anilines is 1. The summed E-state index contributed by atoms with van der Waals surface area (Å²) in [5.41, 5.74) is 0.760. The van der Waals surface area contributed by atoms with Gasteiger partial charge in [0.25, 0.3) is 5.91 Å². The molecule has 2 heterocycles. The standard InChI is InChI=1S/C18H13FN2O3S/c1-2-23-12-7-3-5-10-9-13(24-16(10)12)17(22)21-18-20-15-11(19)6-4-8-14(15)25-18/h3-9H,2H2,1H3,(H,20,21,22). The molecule has 0 saturated heterocycles. The molecule has 0 aliphatic rings. The van der Waals surface area contributed by atoms with E-state index in [0.717, 1.165) is 5.39 Å². The van der Waals surface area contributed by atoms with Crippen molar-refractivity contribution in [2.75, 3.05) is 11.9 Å². The summed E-state index contributed by atoms with van der Waals surface area (Å²) in [7, 11) is 0. The van der Waals surface area contributed by atoms with Crippen molar-refractivity contribution >= 4 is 43.6 Å². The Hall–Kier alpha value is -2.93. The Morgan fingerprint density at radius 3 is 2.96 bits per heavy atom. The first-order valence-corrected chi connectivity index (χ1v) is 8.49. The third kappa shape index (κ3) is 2.83. The van der Waals surface area contributed by atoms with E-state index in [2.05, 4.69) is 10.3 Å². The average molecular weight is 356 g/mol. The summed E-state index contributed by atoms with van der Waals surface area (Å²) in [6.45, 7) is 2.38. The number of halogens is 1. The minimum Gasteiger partial charge on any atom is -0.490 e. The first kappa shape index (κ1) is 15.6. The molecule has 7 heteroatoms. The minimum absolute atomic E-state index is 0.141. The molecule has 2 aromatic carbocycles. The van der Waals surface area contributed by atoms with Gasteiger partial charge in [0.05, 0.1) is 11.3 Å². The lowest BCUT2D eigenvalue weighted by atomic mass is 10.2. The van der Waals surface area contributed by atoms with Crippen LogP contribution in [-0.4, -0.2) is 17.5 Å². The molecular weight excluding hydrogens is 343 g/mol. The predicted octanol–water partition coefficient (Wildman–Crippen LogP) is 4.83. The maximum atomic E-state index is 13.7. The second-order valence-electron chi connectivity index (χ2n) is 5.28. The molecule has 1 amide bonds. The molecule has 0 fully saturated rings. The molecule has 0 spiro atoms. The summed E-state index contributed by atoms with van der Waals surface area (Å²) in [5, 5.41) is 3.74. The van der Waals surface area contributed by atoms with Gasteiger partial charge in [-0.1, -0.05) is 29.5 Å². The Kier molecular flexibility index (Phi) is 3.85. The van der Waals surface area contributed by atoms with Gasteiger partial charge in [-0.15, -0.1) is 0 Å². The lowest BCUT2D eigenvalue weighted by molar-refractivity contribution is 0.0998. The third-order valence-corrected chi connectivity index (χ3v) is 4.56. The van der Waals surface area contributed by atoms with E-state index in [1.807, 2.05) is 19.1 Å². The van der Waals surface area contributed by atoms with Crippen molar-refractivity contribution in [1.82, 2.24) is 4.98 Å². The van der Waals surface area contributed by atoms with Crippen LogP contribution in [0.5, 0.6) is 5.75 Å². The number of carbonyl (C=O) groups is 1. The van der Waals surface area contributed by atoms with Crippen LogP contribution in [0.25, 0.3) is 21.2 Å². The number of ether oxygens (including phenoxy) is 1. The summed E-state index contributed by atoms with van der Waals surface area (Å²) in [4.78, 5) is 16.6. The van der Waals surface area contributed by atoms with Gasteiger partial charge < -0.3 is 9.15 Å². The summed E-state index contributed by atoms with van der Waals surface area (Å²) in [6, 6.07) is 11.8. The number of carbonyl (C=O) groups excluding carboxylic acids is 1. The fourth-order valence-electron chi connectivity index (χ4n) is 2.54. The number of amides is 1. The first-order chi connectivity index (χ1) is 12.2. The van der Waals surface area contributed by atoms with Crippen LogP contribution in [0.2, 0.25) is 0 Å². The van der Waals surface area contributed by atoms with E-state index < -0.39 is 11.7 Å². The number of furan rings is 1. The maximum Gasteiger partial charge on any atom is 0.293 e. The molecule has 0 saturated carbocycles. The Labute approximate surface area is 146 Å². The largest absolute Gasteiger partial charge is 0.490 e. The maximum absolute atomic E-state index is 13.7. The number of aromatic nitrogens is 1. The quantitative estimate of drug-likeness (QED) is 0.569. The topological polar surface area (TPSA) is 64.4 Å².